The summed E-state index contributed by atoms with van der Waals surface area (Å²) >= 11 is 0. The summed E-state index contributed by atoms with van der Waals surface area (Å²) < 4.78 is 14.0. The number of aliphatic hydroxyl groups excluding tert-OH is 1. The van der Waals surface area contributed by atoms with E-state index >= 15 is 0 Å². The predicted octanol–water partition coefficient (Wildman–Crippen LogP) is 2.48. The summed E-state index contributed by atoms with van der Waals surface area (Å²) in [6.07, 6.45) is 0.194. The minimum Gasteiger partial charge on any atom is -0.393 e. The van der Waals surface area contributed by atoms with Crippen molar-refractivity contribution >= 4 is 6.03 Å². The fraction of sp³-hybridized carbons (Fsp3) is 0.611. The van der Waals surface area contributed by atoms with Gasteiger partial charge in [-0.3, -0.25) is 0 Å². The van der Waals surface area contributed by atoms with Gasteiger partial charge in [-0.25, -0.2) is 9.18 Å². The molecule has 0 aliphatic heterocycles. The molecule has 136 valence electrons. The van der Waals surface area contributed by atoms with Crippen molar-refractivity contribution < 1.29 is 14.3 Å². The van der Waals surface area contributed by atoms with Gasteiger partial charge in [0.05, 0.1) is 6.10 Å². The minimum absolute atomic E-state index is 0.189. The fourth-order valence-corrected chi connectivity index (χ4v) is 2.61. The Morgan fingerprint density at radius 3 is 2.54 bits per heavy atom. The van der Waals surface area contributed by atoms with Crippen molar-refractivity contribution in [3.63, 3.8) is 0 Å². The molecule has 3 N–H and O–H groups in total. The monoisotopic (exact) mass is 339 g/mol. The maximum absolute atomic E-state index is 14.0. The second kappa shape index (κ2) is 8.99. The van der Waals surface area contributed by atoms with Crippen LogP contribution in [-0.4, -0.2) is 42.8 Å². The van der Waals surface area contributed by atoms with Crippen LogP contribution in [-0.2, 0) is 13.1 Å². The summed E-state index contributed by atoms with van der Waals surface area (Å²) in [5, 5.41) is 15.0. The quantitative estimate of drug-likeness (QED) is 0.682. The molecule has 0 saturated carbocycles. The Balaban J connectivity index is 2.46. The average molecular weight is 339 g/mol. The van der Waals surface area contributed by atoms with Gasteiger partial charge in [0.1, 0.15) is 5.82 Å². The summed E-state index contributed by atoms with van der Waals surface area (Å²) in [6.45, 7) is 6.97. The SMILES string of the molecule is CC(O)CC(C)(C)CNC(=O)NCc1ccc(CN(C)C)c(F)c1. The topological polar surface area (TPSA) is 64.6 Å². The molecule has 0 aliphatic rings. The van der Waals surface area contributed by atoms with Crippen LogP contribution in [0, 0.1) is 11.2 Å². The van der Waals surface area contributed by atoms with Crippen molar-refractivity contribution in [1.29, 1.82) is 0 Å². The first-order valence-electron chi connectivity index (χ1n) is 8.21. The van der Waals surface area contributed by atoms with E-state index in [9.17, 15) is 14.3 Å². The van der Waals surface area contributed by atoms with Crippen LogP contribution in [0.1, 0.15) is 38.3 Å². The van der Waals surface area contributed by atoms with Crippen molar-refractivity contribution in [2.75, 3.05) is 20.6 Å². The number of carbonyl (C=O) groups excluding carboxylic acids is 1. The van der Waals surface area contributed by atoms with E-state index in [1.54, 1.807) is 13.0 Å². The Bertz CT molecular complexity index is 545. The molecule has 1 rings (SSSR count). The van der Waals surface area contributed by atoms with Crippen LogP contribution in [0.15, 0.2) is 18.2 Å². The van der Waals surface area contributed by atoms with Crippen LogP contribution in [0.2, 0.25) is 0 Å². The number of benzene rings is 1. The highest BCUT2D eigenvalue weighted by Crippen LogP contribution is 2.20. The lowest BCUT2D eigenvalue weighted by atomic mass is 9.87. The molecule has 24 heavy (non-hydrogen) atoms. The minimum atomic E-state index is -0.409. The second-order valence-electron chi connectivity index (χ2n) is 7.42. The maximum atomic E-state index is 14.0. The molecule has 0 aliphatic carbocycles. The number of aliphatic hydroxyl groups is 1. The average Bonchev–Trinajstić information content (AvgIpc) is 2.44. The molecule has 5 nitrogen and oxygen atoms in total. The van der Waals surface area contributed by atoms with Crippen LogP contribution in [0.5, 0.6) is 0 Å². The van der Waals surface area contributed by atoms with Crippen LogP contribution in [0.4, 0.5) is 9.18 Å². The van der Waals surface area contributed by atoms with E-state index in [1.165, 1.54) is 6.07 Å². The summed E-state index contributed by atoms with van der Waals surface area (Å²) in [5.74, 6) is -0.263. The summed E-state index contributed by atoms with van der Waals surface area (Å²) in [5.41, 5.74) is 1.16. The molecule has 2 amide bonds. The summed E-state index contributed by atoms with van der Waals surface area (Å²) in [7, 11) is 3.77. The normalized spacial score (nSPS) is 13.0. The van der Waals surface area contributed by atoms with E-state index in [1.807, 2.05) is 38.9 Å². The zero-order valence-electron chi connectivity index (χ0n) is 15.3. The number of nitrogens with zero attached hydrogens (tertiary/aromatic N) is 1. The van der Waals surface area contributed by atoms with Gasteiger partial charge < -0.3 is 20.6 Å². The first-order chi connectivity index (χ1) is 11.1. The third-order valence-electron chi connectivity index (χ3n) is 3.63. The lowest BCUT2D eigenvalue weighted by Crippen LogP contribution is -2.41. The fourth-order valence-electron chi connectivity index (χ4n) is 2.61. The zero-order valence-corrected chi connectivity index (χ0v) is 15.3. The lowest BCUT2D eigenvalue weighted by Gasteiger charge is -2.26. The molecule has 0 spiro atoms. The number of hydrogen-bond donors (Lipinski definition) is 3. The Labute approximate surface area is 144 Å². The number of carbonyl (C=O) groups is 1. The molecule has 1 aromatic rings. The molecule has 0 saturated heterocycles. The smallest absolute Gasteiger partial charge is 0.315 e. The second-order valence-corrected chi connectivity index (χ2v) is 7.42. The molecule has 0 radical (unpaired) electrons. The predicted molar refractivity (Wildman–Crippen MR) is 94.1 cm³/mol. The summed E-state index contributed by atoms with van der Waals surface area (Å²) in [4.78, 5) is 13.8. The maximum Gasteiger partial charge on any atom is 0.315 e. The van der Waals surface area contributed by atoms with Gasteiger partial charge in [-0.15, -0.1) is 0 Å². The first-order valence-corrected chi connectivity index (χ1v) is 8.21. The van der Waals surface area contributed by atoms with Gasteiger partial charge in [0.25, 0.3) is 0 Å². The van der Waals surface area contributed by atoms with E-state index < -0.39 is 6.10 Å². The Morgan fingerprint density at radius 2 is 2.00 bits per heavy atom. The van der Waals surface area contributed by atoms with Gasteiger partial charge in [-0.1, -0.05) is 26.0 Å². The van der Waals surface area contributed by atoms with Gasteiger partial charge in [-0.2, -0.15) is 0 Å². The van der Waals surface area contributed by atoms with Crippen LogP contribution < -0.4 is 10.6 Å². The third kappa shape index (κ3) is 7.75. The lowest BCUT2D eigenvalue weighted by molar-refractivity contribution is 0.129. The Morgan fingerprint density at radius 1 is 1.33 bits per heavy atom. The van der Waals surface area contributed by atoms with E-state index in [4.69, 9.17) is 0 Å². The number of hydrogen-bond acceptors (Lipinski definition) is 3. The van der Waals surface area contributed by atoms with Crippen LogP contribution in [0.25, 0.3) is 0 Å². The van der Waals surface area contributed by atoms with E-state index in [0.717, 1.165) is 0 Å². The van der Waals surface area contributed by atoms with Crippen LogP contribution in [0.3, 0.4) is 0 Å². The molecule has 0 aromatic heterocycles. The highest BCUT2D eigenvalue weighted by molar-refractivity contribution is 5.73. The molecule has 0 heterocycles. The van der Waals surface area contributed by atoms with E-state index in [0.29, 0.717) is 30.6 Å². The zero-order chi connectivity index (χ0) is 18.3. The van der Waals surface area contributed by atoms with Gasteiger partial charge in [0.2, 0.25) is 0 Å². The number of urea groups is 1. The van der Waals surface area contributed by atoms with Crippen molar-refractivity contribution in [3.8, 4) is 0 Å². The molecular formula is C18H30FN3O2. The van der Waals surface area contributed by atoms with Gasteiger partial charge in [0, 0.05) is 25.2 Å². The van der Waals surface area contributed by atoms with E-state index in [2.05, 4.69) is 10.6 Å². The van der Waals surface area contributed by atoms with Gasteiger partial charge in [0.15, 0.2) is 0 Å². The standard InChI is InChI=1S/C18H30FN3O2/c1-13(23)9-18(2,3)12-21-17(24)20-10-14-6-7-15(11-22(4)5)16(19)8-14/h6-8,13,23H,9-12H2,1-5H3,(H2,20,21,24). The van der Waals surface area contributed by atoms with Gasteiger partial charge in [-0.05, 0) is 44.5 Å². The van der Waals surface area contributed by atoms with E-state index in [-0.39, 0.29) is 23.8 Å². The molecular weight excluding hydrogens is 309 g/mol. The molecule has 6 heteroatoms. The highest BCUT2D eigenvalue weighted by Gasteiger charge is 2.21. The molecule has 0 fully saturated rings. The largest absolute Gasteiger partial charge is 0.393 e. The molecule has 1 unspecified atom stereocenters. The number of amides is 2. The Hall–Kier alpha value is -1.66. The molecule has 0 bridgehead atoms. The van der Waals surface area contributed by atoms with Crippen molar-refractivity contribution in [2.24, 2.45) is 5.41 Å². The first kappa shape index (κ1) is 20.4. The number of halogens is 1. The Kier molecular flexibility index (Phi) is 7.63. The highest BCUT2D eigenvalue weighted by atomic mass is 19.1. The number of nitrogens with one attached hydrogen (secondary N) is 2. The van der Waals surface area contributed by atoms with Gasteiger partial charge >= 0.3 is 6.03 Å². The molecule has 1 atom stereocenters. The third-order valence-corrected chi connectivity index (χ3v) is 3.63. The van der Waals surface area contributed by atoms with Crippen molar-refractivity contribution in [3.05, 3.63) is 35.1 Å². The van der Waals surface area contributed by atoms with Crippen molar-refractivity contribution in [1.82, 2.24) is 15.5 Å². The van der Waals surface area contributed by atoms with Crippen molar-refractivity contribution in [2.45, 2.75) is 46.4 Å². The summed E-state index contributed by atoms with van der Waals surface area (Å²) in [6, 6.07) is 4.72. The van der Waals surface area contributed by atoms with Crippen LogP contribution >= 0.6 is 0 Å². The molecule has 1 aromatic carbocycles. The number of rotatable bonds is 8.